The zero-order chi connectivity index (χ0) is 21.3. The molecule has 0 unspecified atom stereocenters. The summed E-state index contributed by atoms with van der Waals surface area (Å²) in [6.07, 6.45) is 4.84. The van der Waals surface area contributed by atoms with E-state index in [1.54, 1.807) is 0 Å². The highest BCUT2D eigenvalue weighted by molar-refractivity contribution is 8.01. The number of thioether (sulfide) groups is 1. The van der Waals surface area contributed by atoms with Crippen molar-refractivity contribution in [2.45, 2.75) is 49.9 Å². The number of carbonyl (C=O) groups excluding carboxylic acids is 2. The van der Waals surface area contributed by atoms with E-state index in [0.29, 0.717) is 22.6 Å². The van der Waals surface area contributed by atoms with Crippen molar-refractivity contribution in [3.05, 3.63) is 34.8 Å². The van der Waals surface area contributed by atoms with Gasteiger partial charge in [-0.25, -0.2) is 0 Å². The summed E-state index contributed by atoms with van der Waals surface area (Å²) in [7, 11) is 0. The van der Waals surface area contributed by atoms with Crippen LogP contribution in [0, 0.1) is 6.92 Å². The molecule has 0 saturated carbocycles. The molecule has 1 aromatic heterocycles. The van der Waals surface area contributed by atoms with Crippen molar-refractivity contribution in [1.29, 1.82) is 0 Å². The molecule has 162 valence electrons. The zero-order valence-corrected chi connectivity index (χ0v) is 19.2. The Bertz CT molecular complexity index is 840. The van der Waals surface area contributed by atoms with Crippen molar-refractivity contribution in [1.82, 2.24) is 20.4 Å². The molecule has 7 nitrogen and oxygen atoms in total. The maximum atomic E-state index is 12.3. The molecular formula is C21H29N5O2S2. The van der Waals surface area contributed by atoms with Crippen LogP contribution in [0.15, 0.2) is 28.6 Å². The molecule has 1 aliphatic rings. The molecule has 1 atom stereocenters. The van der Waals surface area contributed by atoms with E-state index >= 15 is 0 Å². The van der Waals surface area contributed by atoms with Crippen LogP contribution in [0.1, 0.15) is 48.0 Å². The maximum Gasteiger partial charge on any atom is 0.286 e. The number of nitrogens with one attached hydrogen (secondary N) is 2. The lowest BCUT2D eigenvalue weighted by atomic mass is 10.0. The van der Waals surface area contributed by atoms with Gasteiger partial charge in [-0.05, 0) is 51.8 Å². The smallest absolute Gasteiger partial charge is 0.286 e. The van der Waals surface area contributed by atoms with Crippen LogP contribution in [0.4, 0.5) is 5.69 Å². The lowest BCUT2D eigenvalue weighted by molar-refractivity contribution is -0.118. The van der Waals surface area contributed by atoms with Crippen LogP contribution in [0.5, 0.6) is 0 Å². The first-order valence-corrected chi connectivity index (χ1v) is 12.2. The van der Waals surface area contributed by atoms with Gasteiger partial charge in [0.1, 0.15) is 0 Å². The van der Waals surface area contributed by atoms with Crippen molar-refractivity contribution in [3.8, 4) is 0 Å². The number of aryl methyl sites for hydroxylation is 1. The minimum Gasteiger partial charge on any atom is -0.355 e. The summed E-state index contributed by atoms with van der Waals surface area (Å²) in [6, 6.07) is 8.21. The van der Waals surface area contributed by atoms with Crippen molar-refractivity contribution in [3.63, 3.8) is 0 Å². The van der Waals surface area contributed by atoms with E-state index in [1.807, 2.05) is 31.2 Å². The number of benzene rings is 1. The second kappa shape index (κ2) is 11.4. The number of aromatic nitrogens is 2. The Morgan fingerprint density at radius 1 is 1.23 bits per heavy atom. The SMILES string of the molecule is Cc1ccc(NC(=O)c2nnc(SCC(=O)NCCCN3CCCC[C@@H]3C)s2)cc1. The van der Waals surface area contributed by atoms with Crippen molar-refractivity contribution >= 4 is 40.6 Å². The van der Waals surface area contributed by atoms with Gasteiger partial charge in [-0.1, -0.05) is 47.2 Å². The van der Waals surface area contributed by atoms with Gasteiger partial charge in [0.15, 0.2) is 4.34 Å². The number of nitrogens with zero attached hydrogens (tertiary/aromatic N) is 3. The Morgan fingerprint density at radius 2 is 2.03 bits per heavy atom. The molecule has 2 N–H and O–H groups in total. The fourth-order valence-electron chi connectivity index (χ4n) is 3.36. The first kappa shape index (κ1) is 22.7. The summed E-state index contributed by atoms with van der Waals surface area (Å²) >= 11 is 2.50. The van der Waals surface area contributed by atoms with Crippen LogP contribution in [0.25, 0.3) is 0 Å². The number of hydrogen-bond donors (Lipinski definition) is 2. The Hall–Kier alpha value is -1.97. The number of amides is 2. The van der Waals surface area contributed by atoms with E-state index in [2.05, 4.69) is 32.7 Å². The molecule has 0 radical (unpaired) electrons. The van der Waals surface area contributed by atoms with Gasteiger partial charge in [-0.2, -0.15) is 0 Å². The molecule has 1 aromatic carbocycles. The fraction of sp³-hybridized carbons (Fsp3) is 0.524. The van der Waals surface area contributed by atoms with Crippen LogP contribution in [-0.4, -0.2) is 58.3 Å². The third kappa shape index (κ3) is 7.07. The molecule has 2 aromatic rings. The molecule has 9 heteroatoms. The number of anilines is 1. The van der Waals surface area contributed by atoms with E-state index < -0.39 is 0 Å². The van der Waals surface area contributed by atoms with Gasteiger partial charge in [0.2, 0.25) is 10.9 Å². The van der Waals surface area contributed by atoms with Crippen molar-refractivity contribution in [2.75, 3.05) is 30.7 Å². The third-order valence-corrected chi connectivity index (χ3v) is 7.18. The summed E-state index contributed by atoms with van der Waals surface area (Å²) in [5.74, 6) is -0.0407. The molecule has 0 bridgehead atoms. The van der Waals surface area contributed by atoms with Crippen LogP contribution >= 0.6 is 23.1 Å². The first-order chi connectivity index (χ1) is 14.5. The minimum atomic E-state index is -0.292. The average molecular weight is 448 g/mol. The van der Waals surface area contributed by atoms with Crippen LogP contribution in [0.2, 0.25) is 0 Å². The first-order valence-electron chi connectivity index (χ1n) is 10.4. The molecule has 2 amide bonds. The second-order valence-electron chi connectivity index (χ2n) is 7.57. The summed E-state index contributed by atoms with van der Waals surface area (Å²) in [4.78, 5) is 26.9. The summed E-state index contributed by atoms with van der Waals surface area (Å²) in [5.41, 5.74) is 1.84. The van der Waals surface area contributed by atoms with Crippen LogP contribution in [0.3, 0.4) is 0 Å². The van der Waals surface area contributed by atoms with Gasteiger partial charge < -0.3 is 15.5 Å². The largest absolute Gasteiger partial charge is 0.355 e. The molecular weight excluding hydrogens is 418 g/mol. The number of likely N-dealkylation sites (tertiary alicyclic amines) is 1. The molecule has 1 fully saturated rings. The molecule has 0 spiro atoms. The minimum absolute atomic E-state index is 0.0208. The van der Waals surface area contributed by atoms with E-state index in [4.69, 9.17) is 0 Å². The van der Waals surface area contributed by atoms with E-state index in [1.165, 1.54) is 48.9 Å². The number of carbonyl (C=O) groups is 2. The molecule has 30 heavy (non-hydrogen) atoms. The van der Waals surface area contributed by atoms with Gasteiger partial charge >= 0.3 is 0 Å². The second-order valence-corrected chi connectivity index (χ2v) is 9.77. The molecule has 1 aliphatic heterocycles. The Labute approximate surface area is 186 Å². The lowest BCUT2D eigenvalue weighted by Gasteiger charge is -2.33. The maximum absolute atomic E-state index is 12.3. The summed E-state index contributed by atoms with van der Waals surface area (Å²) in [6.45, 7) is 7.16. The highest BCUT2D eigenvalue weighted by Gasteiger charge is 2.17. The molecule has 0 aliphatic carbocycles. The number of hydrogen-bond acceptors (Lipinski definition) is 7. The third-order valence-electron chi connectivity index (χ3n) is 5.12. The summed E-state index contributed by atoms with van der Waals surface area (Å²) in [5, 5.41) is 14.0. The monoisotopic (exact) mass is 447 g/mol. The number of piperidine rings is 1. The molecule has 3 rings (SSSR count). The highest BCUT2D eigenvalue weighted by Crippen LogP contribution is 2.23. The normalized spacial score (nSPS) is 16.9. The van der Waals surface area contributed by atoms with Gasteiger partial charge in [0.25, 0.3) is 5.91 Å². The van der Waals surface area contributed by atoms with E-state index in [9.17, 15) is 9.59 Å². The summed E-state index contributed by atoms with van der Waals surface area (Å²) < 4.78 is 0.612. The van der Waals surface area contributed by atoms with Crippen LogP contribution in [-0.2, 0) is 4.79 Å². The standard InChI is InChI=1S/C21H29N5O2S2/c1-15-7-9-17(10-8-15)23-19(28)20-24-25-21(30-20)29-14-18(27)22-11-5-13-26-12-4-3-6-16(26)2/h7-10,16H,3-6,11-14H2,1-2H3,(H,22,27)(H,23,28)/t16-/m0/s1. The van der Waals surface area contributed by atoms with Gasteiger partial charge in [-0.15, -0.1) is 10.2 Å². The zero-order valence-electron chi connectivity index (χ0n) is 17.5. The Balaban J connectivity index is 1.34. The number of rotatable bonds is 9. The quantitative estimate of drug-likeness (QED) is 0.451. The predicted molar refractivity (Wildman–Crippen MR) is 122 cm³/mol. The lowest BCUT2D eigenvalue weighted by Crippen LogP contribution is -2.39. The Kier molecular flexibility index (Phi) is 8.65. The van der Waals surface area contributed by atoms with Crippen molar-refractivity contribution in [2.24, 2.45) is 0 Å². The van der Waals surface area contributed by atoms with Gasteiger partial charge in [0.05, 0.1) is 5.75 Å². The van der Waals surface area contributed by atoms with Crippen molar-refractivity contribution < 1.29 is 9.59 Å². The predicted octanol–water partition coefficient (Wildman–Crippen LogP) is 3.57. The van der Waals surface area contributed by atoms with E-state index in [0.717, 1.165) is 18.5 Å². The van der Waals surface area contributed by atoms with Gasteiger partial charge in [0, 0.05) is 24.8 Å². The molecule has 1 saturated heterocycles. The fourth-order valence-corrected chi connectivity index (χ4v) is 4.94. The highest BCUT2D eigenvalue weighted by atomic mass is 32.2. The van der Waals surface area contributed by atoms with Crippen LogP contribution < -0.4 is 10.6 Å². The van der Waals surface area contributed by atoms with Gasteiger partial charge in [-0.3, -0.25) is 9.59 Å². The average Bonchev–Trinajstić information content (AvgIpc) is 3.22. The topological polar surface area (TPSA) is 87.2 Å². The molecule has 2 heterocycles. The van der Waals surface area contributed by atoms with E-state index in [-0.39, 0.29) is 22.6 Å². The Morgan fingerprint density at radius 3 is 2.80 bits per heavy atom.